The number of nitrogens with zero attached hydrogens (tertiary/aromatic N) is 2. The number of aliphatic imine (C=N–C) groups is 1. The zero-order valence-electron chi connectivity index (χ0n) is 14.2. The summed E-state index contributed by atoms with van der Waals surface area (Å²) in [6.45, 7) is 3.35. The molecule has 1 aromatic carbocycles. The normalized spacial score (nSPS) is 25.2. The van der Waals surface area contributed by atoms with Crippen molar-refractivity contribution in [2.45, 2.75) is 38.0 Å². The molecule has 2 saturated carbocycles. The van der Waals surface area contributed by atoms with Gasteiger partial charge >= 0.3 is 0 Å². The molecule has 0 bridgehead atoms. The number of hydrogen-bond donors (Lipinski definition) is 1. The number of rotatable bonds is 5. The minimum atomic E-state index is 0.650. The molecule has 1 unspecified atom stereocenters. The van der Waals surface area contributed by atoms with Crippen molar-refractivity contribution in [2.75, 3.05) is 26.7 Å². The molecule has 3 aliphatic rings. The fourth-order valence-corrected chi connectivity index (χ4v) is 4.26. The minimum Gasteiger partial charge on any atom is -0.356 e. The first kappa shape index (κ1) is 15.0. The molecule has 0 spiro atoms. The molecule has 1 atom stereocenters. The van der Waals surface area contributed by atoms with Crippen LogP contribution in [0.3, 0.4) is 0 Å². The number of hydrogen-bond acceptors (Lipinski definition) is 1. The molecule has 1 aromatic rings. The largest absolute Gasteiger partial charge is 0.356 e. The molecule has 1 aliphatic heterocycles. The monoisotopic (exact) mass is 311 g/mol. The lowest BCUT2D eigenvalue weighted by Crippen LogP contribution is -2.42. The summed E-state index contributed by atoms with van der Waals surface area (Å²) in [5.41, 5.74) is 1.47. The topological polar surface area (TPSA) is 27.6 Å². The Hall–Kier alpha value is -1.51. The van der Waals surface area contributed by atoms with Crippen LogP contribution in [0.1, 0.15) is 43.6 Å². The molecule has 3 heteroatoms. The van der Waals surface area contributed by atoms with E-state index in [1.54, 1.807) is 0 Å². The van der Waals surface area contributed by atoms with Crippen LogP contribution < -0.4 is 5.32 Å². The number of guanidine groups is 1. The van der Waals surface area contributed by atoms with Gasteiger partial charge < -0.3 is 10.2 Å². The zero-order chi connectivity index (χ0) is 15.6. The summed E-state index contributed by atoms with van der Waals surface area (Å²) >= 11 is 0. The molecule has 4 rings (SSSR count). The van der Waals surface area contributed by atoms with Gasteiger partial charge in [-0.1, -0.05) is 30.3 Å². The van der Waals surface area contributed by atoms with Crippen molar-refractivity contribution < 1.29 is 0 Å². The SMILES string of the molecule is CN=C(NCC(C1CC1)C1CC1)N1CCC(c2ccccc2)C1. The highest BCUT2D eigenvalue weighted by atomic mass is 15.3. The van der Waals surface area contributed by atoms with Crippen LogP contribution in [0.15, 0.2) is 35.3 Å². The van der Waals surface area contributed by atoms with Gasteiger partial charge in [0.05, 0.1) is 0 Å². The van der Waals surface area contributed by atoms with Gasteiger partial charge in [-0.25, -0.2) is 0 Å². The molecular weight excluding hydrogens is 282 g/mol. The highest BCUT2D eigenvalue weighted by molar-refractivity contribution is 5.80. The smallest absolute Gasteiger partial charge is 0.193 e. The molecule has 0 radical (unpaired) electrons. The van der Waals surface area contributed by atoms with E-state index in [2.05, 4.69) is 45.5 Å². The molecule has 1 N–H and O–H groups in total. The van der Waals surface area contributed by atoms with Gasteiger partial charge in [-0.05, 0) is 55.4 Å². The Morgan fingerprint density at radius 1 is 1.13 bits per heavy atom. The Morgan fingerprint density at radius 2 is 1.83 bits per heavy atom. The zero-order valence-corrected chi connectivity index (χ0v) is 14.2. The van der Waals surface area contributed by atoms with Gasteiger partial charge in [-0.2, -0.15) is 0 Å². The van der Waals surface area contributed by atoms with Crippen LogP contribution in [-0.4, -0.2) is 37.5 Å². The van der Waals surface area contributed by atoms with Crippen molar-refractivity contribution in [1.29, 1.82) is 0 Å². The molecule has 3 fully saturated rings. The van der Waals surface area contributed by atoms with Gasteiger partial charge in [0.2, 0.25) is 0 Å². The third-order valence-electron chi connectivity index (χ3n) is 5.92. The average Bonchev–Trinajstić information content (AvgIpc) is 3.52. The van der Waals surface area contributed by atoms with Crippen LogP contribution in [0.2, 0.25) is 0 Å². The predicted octanol–water partition coefficient (Wildman–Crippen LogP) is 3.49. The van der Waals surface area contributed by atoms with Gasteiger partial charge in [0.1, 0.15) is 0 Å². The lowest BCUT2D eigenvalue weighted by Gasteiger charge is -2.24. The Labute approximate surface area is 140 Å². The maximum Gasteiger partial charge on any atom is 0.193 e. The van der Waals surface area contributed by atoms with Gasteiger partial charge in [-0.3, -0.25) is 4.99 Å². The summed E-state index contributed by atoms with van der Waals surface area (Å²) in [5, 5.41) is 3.70. The molecule has 0 amide bonds. The standard InChI is InChI=1S/C20H29N3/c1-21-20(22-13-19(16-7-8-16)17-9-10-17)23-12-11-18(14-23)15-5-3-2-4-6-15/h2-6,16-19H,7-14H2,1H3,(H,21,22). The maximum absolute atomic E-state index is 4.56. The van der Waals surface area contributed by atoms with E-state index in [1.807, 2.05) is 7.05 Å². The third kappa shape index (κ3) is 3.54. The lowest BCUT2D eigenvalue weighted by molar-refractivity contribution is 0.388. The third-order valence-corrected chi connectivity index (χ3v) is 5.92. The van der Waals surface area contributed by atoms with E-state index in [-0.39, 0.29) is 0 Å². The van der Waals surface area contributed by atoms with Crippen molar-refractivity contribution >= 4 is 5.96 Å². The van der Waals surface area contributed by atoms with Crippen molar-refractivity contribution in [2.24, 2.45) is 22.7 Å². The van der Waals surface area contributed by atoms with Crippen LogP contribution >= 0.6 is 0 Å². The molecule has 23 heavy (non-hydrogen) atoms. The Bertz CT molecular complexity index is 533. The second-order valence-electron chi connectivity index (χ2n) is 7.61. The van der Waals surface area contributed by atoms with Crippen LogP contribution in [0.5, 0.6) is 0 Å². The molecule has 0 aromatic heterocycles. The van der Waals surface area contributed by atoms with E-state index >= 15 is 0 Å². The van der Waals surface area contributed by atoms with Crippen LogP contribution in [0, 0.1) is 17.8 Å². The molecule has 2 aliphatic carbocycles. The van der Waals surface area contributed by atoms with E-state index < -0.39 is 0 Å². The van der Waals surface area contributed by atoms with E-state index in [9.17, 15) is 0 Å². The van der Waals surface area contributed by atoms with E-state index in [4.69, 9.17) is 0 Å². The first-order valence-corrected chi connectivity index (χ1v) is 9.35. The van der Waals surface area contributed by atoms with E-state index in [0.29, 0.717) is 5.92 Å². The molecule has 3 nitrogen and oxygen atoms in total. The summed E-state index contributed by atoms with van der Waals surface area (Å²) in [6, 6.07) is 10.9. The molecular formula is C20H29N3. The number of nitrogens with one attached hydrogen (secondary N) is 1. The lowest BCUT2D eigenvalue weighted by atomic mass is 9.98. The Kier molecular flexibility index (Phi) is 4.28. The maximum atomic E-state index is 4.56. The summed E-state index contributed by atoms with van der Waals surface area (Å²) in [6.07, 6.45) is 7.07. The predicted molar refractivity (Wildman–Crippen MR) is 95.7 cm³/mol. The second-order valence-corrected chi connectivity index (χ2v) is 7.61. The average molecular weight is 311 g/mol. The summed E-state index contributed by atoms with van der Waals surface area (Å²) in [5.74, 6) is 4.68. The van der Waals surface area contributed by atoms with E-state index in [1.165, 1.54) is 37.7 Å². The highest BCUT2D eigenvalue weighted by Gasteiger charge is 2.41. The molecule has 1 saturated heterocycles. The van der Waals surface area contributed by atoms with E-state index in [0.717, 1.165) is 43.3 Å². The van der Waals surface area contributed by atoms with Crippen LogP contribution in [0.25, 0.3) is 0 Å². The fourth-order valence-electron chi connectivity index (χ4n) is 4.26. The summed E-state index contributed by atoms with van der Waals surface area (Å²) in [4.78, 5) is 7.01. The quantitative estimate of drug-likeness (QED) is 0.666. The van der Waals surface area contributed by atoms with Gasteiger partial charge in [0.15, 0.2) is 5.96 Å². The summed E-state index contributed by atoms with van der Waals surface area (Å²) < 4.78 is 0. The van der Waals surface area contributed by atoms with Crippen molar-refractivity contribution in [3.63, 3.8) is 0 Å². The second kappa shape index (κ2) is 6.54. The number of benzene rings is 1. The van der Waals surface area contributed by atoms with Crippen LogP contribution in [-0.2, 0) is 0 Å². The van der Waals surface area contributed by atoms with Gasteiger partial charge in [-0.15, -0.1) is 0 Å². The molecule has 1 heterocycles. The summed E-state index contributed by atoms with van der Waals surface area (Å²) in [7, 11) is 1.93. The first-order chi connectivity index (χ1) is 11.3. The fraction of sp³-hybridized carbons (Fsp3) is 0.650. The minimum absolute atomic E-state index is 0.650. The highest BCUT2D eigenvalue weighted by Crippen LogP contribution is 2.48. The Morgan fingerprint density at radius 3 is 2.43 bits per heavy atom. The Balaban J connectivity index is 1.33. The van der Waals surface area contributed by atoms with Gasteiger partial charge in [0.25, 0.3) is 0 Å². The van der Waals surface area contributed by atoms with Crippen molar-refractivity contribution in [1.82, 2.24) is 10.2 Å². The van der Waals surface area contributed by atoms with Crippen molar-refractivity contribution in [3.05, 3.63) is 35.9 Å². The number of likely N-dealkylation sites (tertiary alicyclic amines) is 1. The van der Waals surface area contributed by atoms with Crippen molar-refractivity contribution in [3.8, 4) is 0 Å². The van der Waals surface area contributed by atoms with Crippen LogP contribution in [0.4, 0.5) is 0 Å². The molecule has 124 valence electrons. The van der Waals surface area contributed by atoms with Gasteiger partial charge in [0, 0.05) is 32.6 Å². The first-order valence-electron chi connectivity index (χ1n) is 9.35.